The van der Waals surface area contributed by atoms with Gasteiger partial charge in [0.15, 0.2) is 5.78 Å². The Labute approximate surface area is 186 Å². The third kappa shape index (κ3) is 7.01. The van der Waals surface area contributed by atoms with Crippen LogP contribution in [0.4, 0.5) is 5.95 Å². The molecule has 3 aromatic rings. The van der Waals surface area contributed by atoms with Crippen LogP contribution in [-0.2, 0) is 4.74 Å². The average molecular weight is 461 g/mol. The highest BCUT2D eigenvalue weighted by Gasteiger charge is 2.12. The largest absolute Gasteiger partial charge is 0.477 e. The van der Waals surface area contributed by atoms with E-state index in [2.05, 4.69) is 14.7 Å². The molecule has 31 heavy (non-hydrogen) atoms. The molecule has 0 atom stereocenters. The van der Waals surface area contributed by atoms with Crippen molar-refractivity contribution in [1.82, 2.24) is 14.9 Å². The van der Waals surface area contributed by atoms with Gasteiger partial charge >= 0.3 is 11.9 Å². The van der Waals surface area contributed by atoms with E-state index < -0.39 is 11.9 Å². The van der Waals surface area contributed by atoms with E-state index in [4.69, 9.17) is 10.8 Å². The summed E-state index contributed by atoms with van der Waals surface area (Å²) in [6.07, 6.45) is 4.67. The van der Waals surface area contributed by atoms with Crippen LogP contribution in [0.2, 0.25) is 0 Å². The van der Waals surface area contributed by atoms with Crippen molar-refractivity contribution < 1.29 is 24.2 Å². The van der Waals surface area contributed by atoms with Crippen molar-refractivity contribution in [2.75, 3.05) is 26.9 Å². The molecular formula is C20H20N4O5S2. The molecule has 0 aliphatic heterocycles. The summed E-state index contributed by atoms with van der Waals surface area (Å²) in [6, 6.07) is 8.15. The Morgan fingerprint density at radius 3 is 2.32 bits per heavy atom. The van der Waals surface area contributed by atoms with Gasteiger partial charge in [0.25, 0.3) is 0 Å². The van der Waals surface area contributed by atoms with Crippen molar-refractivity contribution in [2.24, 2.45) is 0 Å². The number of nitrogens with two attached hydrogens (primary N) is 1. The number of allylic oxidation sites excluding steroid dienone is 1. The van der Waals surface area contributed by atoms with Crippen molar-refractivity contribution in [3.8, 4) is 10.6 Å². The van der Waals surface area contributed by atoms with Crippen LogP contribution in [0.5, 0.6) is 0 Å². The predicted molar refractivity (Wildman–Crippen MR) is 120 cm³/mol. The minimum atomic E-state index is -0.937. The van der Waals surface area contributed by atoms with Crippen LogP contribution in [0.1, 0.15) is 29.0 Å². The van der Waals surface area contributed by atoms with E-state index in [0.29, 0.717) is 15.4 Å². The lowest BCUT2D eigenvalue weighted by Crippen LogP contribution is -2.02. The van der Waals surface area contributed by atoms with E-state index in [1.807, 2.05) is 14.1 Å². The smallest absolute Gasteiger partial charge is 0.348 e. The van der Waals surface area contributed by atoms with Crippen LogP contribution in [0.15, 0.2) is 48.8 Å². The summed E-state index contributed by atoms with van der Waals surface area (Å²) < 4.78 is 4.56. The number of carboxylic acid groups (broad SMARTS) is 1. The second kappa shape index (κ2) is 11.0. The zero-order valence-electron chi connectivity index (χ0n) is 16.9. The first kappa shape index (κ1) is 23.7. The molecule has 0 aliphatic rings. The molecule has 0 saturated carbocycles. The maximum absolute atomic E-state index is 11.6. The van der Waals surface area contributed by atoms with Gasteiger partial charge in [-0.2, -0.15) is 0 Å². The fraction of sp³-hybridized carbons (Fsp3) is 0.150. The Morgan fingerprint density at radius 2 is 1.74 bits per heavy atom. The number of carbonyl (C=O) groups excluding carboxylic acids is 2. The molecule has 0 spiro atoms. The maximum atomic E-state index is 11.6. The van der Waals surface area contributed by atoms with E-state index in [9.17, 15) is 14.4 Å². The number of nitrogens with zero attached hydrogens (tertiary/aromatic N) is 3. The number of hydrogen-bond acceptors (Lipinski definition) is 10. The average Bonchev–Trinajstić information content (AvgIpc) is 3.42. The molecule has 3 rings (SSSR count). The van der Waals surface area contributed by atoms with Gasteiger partial charge in [0, 0.05) is 32.6 Å². The fourth-order valence-electron chi connectivity index (χ4n) is 2.08. The minimum Gasteiger partial charge on any atom is -0.477 e. The highest BCUT2D eigenvalue weighted by molar-refractivity contribution is 7.17. The van der Waals surface area contributed by atoms with Crippen molar-refractivity contribution >= 4 is 46.3 Å². The van der Waals surface area contributed by atoms with Crippen LogP contribution in [0.3, 0.4) is 0 Å². The number of anilines is 1. The molecular weight excluding hydrogens is 440 g/mol. The quantitative estimate of drug-likeness (QED) is 0.323. The van der Waals surface area contributed by atoms with E-state index in [1.54, 1.807) is 41.4 Å². The molecule has 0 fully saturated rings. The number of ketones is 1. The van der Waals surface area contributed by atoms with E-state index in [0.717, 1.165) is 27.6 Å². The van der Waals surface area contributed by atoms with Gasteiger partial charge in [-0.05, 0) is 30.3 Å². The molecule has 0 bridgehead atoms. The van der Waals surface area contributed by atoms with E-state index in [-0.39, 0.29) is 16.6 Å². The minimum absolute atomic E-state index is 0.117. The number of aromatic nitrogens is 2. The first-order valence-corrected chi connectivity index (χ1v) is 10.3. The molecule has 0 radical (unpaired) electrons. The van der Waals surface area contributed by atoms with E-state index in [1.165, 1.54) is 19.4 Å². The van der Waals surface area contributed by atoms with Crippen LogP contribution in [0.25, 0.3) is 10.6 Å². The van der Waals surface area contributed by atoms with Gasteiger partial charge in [0.2, 0.25) is 5.95 Å². The van der Waals surface area contributed by atoms with Crippen LogP contribution in [-0.4, -0.2) is 58.9 Å². The summed E-state index contributed by atoms with van der Waals surface area (Å²) in [7, 11) is 4.98. The van der Waals surface area contributed by atoms with Gasteiger partial charge in [-0.1, -0.05) is 0 Å². The number of ether oxygens (including phenoxy) is 1. The highest BCUT2D eigenvalue weighted by atomic mass is 32.1. The van der Waals surface area contributed by atoms with Crippen molar-refractivity contribution in [3.63, 3.8) is 0 Å². The Kier molecular flexibility index (Phi) is 8.41. The lowest BCUT2D eigenvalue weighted by atomic mass is 10.3. The van der Waals surface area contributed by atoms with Crippen LogP contribution < -0.4 is 5.73 Å². The molecule has 3 heterocycles. The first-order valence-electron chi connectivity index (χ1n) is 8.70. The fourth-order valence-corrected chi connectivity index (χ4v) is 3.74. The van der Waals surface area contributed by atoms with Gasteiger partial charge in [-0.15, -0.1) is 22.7 Å². The van der Waals surface area contributed by atoms with Gasteiger partial charge < -0.3 is 20.5 Å². The first-order chi connectivity index (χ1) is 14.7. The lowest BCUT2D eigenvalue weighted by Gasteiger charge is -2.01. The van der Waals surface area contributed by atoms with Crippen LogP contribution in [0, 0.1) is 0 Å². The third-order valence-electron chi connectivity index (χ3n) is 3.50. The molecule has 0 aliphatic carbocycles. The Hall–Kier alpha value is -3.57. The number of nitrogen functional groups attached to an aromatic ring is 1. The number of hydrogen-bond donors (Lipinski definition) is 2. The Bertz CT molecular complexity index is 1100. The Morgan fingerprint density at radius 1 is 1.06 bits per heavy atom. The molecule has 3 aromatic heterocycles. The van der Waals surface area contributed by atoms with E-state index >= 15 is 0 Å². The number of carboxylic acids is 1. The van der Waals surface area contributed by atoms with Gasteiger partial charge in [-0.3, -0.25) is 4.79 Å². The number of esters is 1. The topological polar surface area (TPSA) is 136 Å². The monoisotopic (exact) mass is 460 g/mol. The SMILES string of the molecule is COC(=O)c1ccc(C(=O)/C=C/N(C)C)s1.Nc1nccc(-c2ccc(C(=O)O)s2)n1. The third-order valence-corrected chi connectivity index (χ3v) is 5.68. The highest BCUT2D eigenvalue weighted by Crippen LogP contribution is 2.26. The van der Waals surface area contributed by atoms with Gasteiger partial charge in [0.1, 0.15) is 9.75 Å². The lowest BCUT2D eigenvalue weighted by molar-refractivity contribution is 0.0605. The standard InChI is InChI=1S/C11H13NO3S.C9H7N3O2S/c1-12(2)7-6-8(13)9-4-5-10(16-9)11(14)15-3;10-9-11-4-3-5(12-9)6-1-2-7(15-6)8(13)14/h4-7H,1-3H3;1-4H,(H,13,14)(H2,10,11,12)/b7-6+;. The summed E-state index contributed by atoms with van der Waals surface area (Å²) in [5.74, 6) is -1.29. The molecule has 162 valence electrons. The zero-order chi connectivity index (χ0) is 23.0. The summed E-state index contributed by atoms with van der Waals surface area (Å²) in [5.41, 5.74) is 6.07. The van der Waals surface area contributed by atoms with Gasteiger partial charge in [0.05, 0.1) is 22.6 Å². The molecule has 11 heteroatoms. The van der Waals surface area contributed by atoms with Crippen molar-refractivity contribution in [2.45, 2.75) is 0 Å². The summed E-state index contributed by atoms with van der Waals surface area (Å²) in [4.78, 5) is 45.0. The number of rotatable bonds is 6. The van der Waals surface area contributed by atoms with Crippen LogP contribution >= 0.6 is 22.7 Å². The molecule has 0 aromatic carbocycles. The normalized spacial score (nSPS) is 10.3. The number of carbonyl (C=O) groups is 3. The van der Waals surface area contributed by atoms with Crippen molar-refractivity contribution in [3.05, 3.63) is 63.4 Å². The number of aromatic carboxylic acids is 1. The Balaban J connectivity index is 0.000000220. The van der Waals surface area contributed by atoms with Gasteiger partial charge in [-0.25, -0.2) is 19.6 Å². The second-order valence-electron chi connectivity index (χ2n) is 6.07. The van der Waals surface area contributed by atoms with Crippen molar-refractivity contribution in [1.29, 1.82) is 0 Å². The summed E-state index contributed by atoms with van der Waals surface area (Å²) in [6.45, 7) is 0. The zero-order valence-corrected chi connectivity index (χ0v) is 18.6. The number of methoxy groups -OCH3 is 1. The number of thiophene rings is 2. The molecule has 0 unspecified atom stereocenters. The molecule has 3 N–H and O–H groups in total. The molecule has 9 nitrogen and oxygen atoms in total. The maximum Gasteiger partial charge on any atom is 0.348 e. The second-order valence-corrected chi connectivity index (χ2v) is 8.24. The molecule has 0 saturated heterocycles. The summed E-state index contributed by atoms with van der Waals surface area (Å²) in [5, 5.41) is 8.75. The molecule has 0 amide bonds. The summed E-state index contributed by atoms with van der Waals surface area (Å²) >= 11 is 2.29. The predicted octanol–water partition coefficient (Wildman–Crippen LogP) is 3.28.